The van der Waals surface area contributed by atoms with Gasteiger partial charge in [0.15, 0.2) is 0 Å². The number of carbonyl (C=O) groups is 1. The predicted molar refractivity (Wildman–Crippen MR) is 72.8 cm³/mol. The summed E-state index contributed by atoms with van der Waals surface area (Å²) < 4.78 is 13.6. The molecule has 0 radical (unpaired) electrons. The molecule has 0 fully saturated rings. The first-order valence-corrected chi connectivity index (χ1v) is 5.88. The van der Waals surface area contributed by atoms with Crippen molar-refractivity contribution in [2.45, 2.75) is 0 Å². The summed E-state index contributed by atoms with van der Waals surface area (Å²) in [6, 6.07) is 16.0. The lowest BCUT2D eigenvalue weighted by Gasteiger charge is -2.03. The van der Waals surface area contributed by atoms with Crippen LogP contribution in [0.5, 0.6) is 0 Å². The van der Waals surface area contributed by atoms with E-state index in [1.807, 2.05) is 18.2 Å². The number of anilines is 1. The third-order valence-corrected chi connectivity index (χ3v) is 2.94. The summed E-state index contributed by atoms with van der Waals surface area (Å²) in [4.78, 5) is 12.6. The van der Waals surface area contributed by atoms with Gasteiger partial charge in [-0.25, -0.2) is 0 Å². The fourth-order valence-corrected chi connectivity index (χ4v) is 2.04. The molecule has 19 heavy (non-hydrogen) atoms. The van der Waals surface area contributed by atoms with Crippen molar-refractivity contribution < 1.29 is 9.28 Å². The summed E-state index contributed by atoms with van der Waals surface area (Å²) >= 11 is 0. The first-order chi connectivity index (χ1) is 9.25. The van der Waals surface area contributed by atoms with Gasteiger partial charge in [0.05, 0.1) is 17.3 Å². The van der Waals surface area contributed by atoms with E-state index in [-0.39, 0.29) is 5.91 Å². The van der Waals surface area contributed by atoms with E-state index < -0.39 is 0 Å². The van der Waals surface area contributed by atoms with Crippen LogP contribution < -0.4 is 5.32 Å². The Bertz CT molecular complexity index is 734. The highest BCUT2D eigenvalue weighted by Crippen LogP contribution is 2.22. The predicted octanol–water partition coefficient (Wildman–Crippen LogP) is 3.63. The monoisotopic (exact) mass is 254 g/mol. The number of amides is 1. The molecule has 0 aliphatic heterocycles. The van der Waals surface area contributed by atoms with Crippen LogP contribution in [-0.2, 0) is 0 Å². The second-order valence-corrected chi connectivity index (χ2v) is 4.19. The number of aromatic nitrogens is 1. The Morgan fingerprint density at radius 2 is 1.68 bits per heavy atom. The van der Waals surface area contributed by atoms with Gasteiger partial charge in [-0.2, -0.15) is 4.79 Å². The molecular weight excluding hydrogens is 243 g/mol. The van der Waals surface area contributed by atoms with Crippen LogP contribution in [0.25, 0.3) is 10.9 Å². The van der Waals surface area contributed by atoms with E-state index >= 15 is 0 Å². The minimum absolute atomic E-state index is 0.321. The van der Waals surface area contributed by atoms with Gasteiger partial charge in [-0.15, -0.1) is 0 Å². The molecule has 0 saturated heterocycles. The van der Waals surface area contributed by atoms with Gasteiger partial charge in [-0.05, 0) is 18.2 Å². The van der Waals surface area contributed by atoms with E-state index in [0.29, 0.717) is 26.9 Å². The highest BCUT2D eigenvalue weighted by molar-refractivity contribution is 6.12. The molecule has 0 unspecified atom stereocenters. The third-order valence-electron chi connectivity index (χ3n) is 2.94. The zero-order chi connectivity index (χ0) is 13.2. The summed E-state index contributed by atoms with van der Waals surface area (Å²) in [7, 11) is 0. The Morgan fingerprint density at radius 3 is 2.47 bits per heavy atom. The Balaban J connectivity index is 1.98. The molecule has 3 rings (SSSR count). The summed E-state index contributed by atoms with van der Waals surface area (Å²) in [5.41, 5.74) is 1.39. The van der Waals surface area contributed by atoms with Crippen molar-refractivity contribution in [3.05, 3.63) is 66.4 Å². The molecule has 4 heteroatoms. The molecular formula is C15H11FN2O. The van der Waals surface area contributed by atoms with E-state index in [0.717, 1.165) is 0 Å². The average molecular weight is 254 g/mol. The fourth-order valence-electron chi connectivity index (χ4n) is 2.04. The summed E-state index contributed by atoms with van der Waals surface area (Å²) in [5, 5.41) is 3.34. The molecule has 1 heterocycles. The Morgan fingerprint density at radius 1 is 1.00 bits per heavy atom. The zero-order valence-electron chi connectivity index (χ0n) is 10.0. The van der Waals surface area contributed by atoms with Crippen LogP contribution in [0.1, 0.15) is 10.4 Å². The molecule has 2 aromatic carbocycles. The van der Waals surface area contributed by atoms with Crippen LogP contribution in [0.2, 0.25) is 0 Å². The van der Waals surface area contributed by atoms with Crippen LogP contribution >= 0.6 is 0 Å². The van der Waals surface area contributed by atoms with E-state index in [1.54, 1.807) is 36.4 Å². The van der Waals surface area contributed by atoms with Crippen molar-refractivity contribution in [2.75, 3.05) is 5.32 Å². The normalized spacial score (nSPS) is 10.6. The van der Waals surface area contributed by atoms with Gasteiger partial charge in [0.1, 0.15) is 0 Å². The number of rotatable bonds is 2. The summed E-state index contributed by atoms with van der Waals surface area (Å²) in [5.74, 6) is -0.321. The maximum Gasteiger partial charge on any atom is 0.257 e. The Labute approximate surface area is 109 Å². The lowest BCUT2D eigenvalue weighted by Crippen LogP contribution is -2.11. The van der Waals surface area contributed by atoms with Crippen molar-refractivity contribution in [3.8, 4) is 0 Å². The number of para-hydroxylation sites is 2. The number of benzene rings is 2. The molecule has 1 aromatic heterocycles. The molecule has 0 saturated carbocycles. The Hall–Kier alpha value is -2.62. The number of halogens is 1. The molecule has 0 bridgehead atoms. The van der Waals surface area contributed by atoms with E-state index in [2.05, 4.69) is 5.32 Å². The van der Waals surface area contributed by atoms with Crippen molar-refractivity contribution in [2.24, 2.45) is 0 Å². The lowest BCUT2D eigenvalue weighted by molar-refractivity contribution is 0.102. The topological polar surface area (TPSA) is 34.0 Å². The first kappa shape index (κ1) is 11.5. The van der Waals surface area contributed by atoms with Crippen LogP contribution in [-0.4, -0.2) is 10.7 Å². The highest BCUT2D eigenvalue weighted by Gasteiger charge is 2.14. The minimum Gasteiger partial charge on any atom is -0.322 e. The fraction of sp³-hybridized carbons (Fsp3) is 0. The largest absolute Gasteiger partial charge is 0.322 e. The molecule has 3 nitrogen and oxygen atoms in total. The van der Waals surface area contributed by atoms with Gasteiger partial charge >= 0.3 is 0 Å². The van der Waals surface area contributed by atoms with Crippen molar-refractivity contribution in [3.63, 3.8) is 0 Å². The van der Waals surface area contributed by atoms with E-state index in [4.69, 9.17) is 0 Å². The number of hydrogen-bond acceptors (Lipinski definition) is 1. The SMILES string of the molecule is O=C(Nc1ccccc1)c1cn(F)c2ccccc12. The van der Waals surface area contributed by atoms with Crippen LogP contribution in [0.4, 0.5) is 10.2 Å². The molecule has 94 valence electrons. The van der Waals surface area contributed by atoms with Gasteiger partial charge in [0, 0.05) is 11.1 Å². The number of nitrogens with one attached hydrogen (secondary N) is 1. The molecule has 0 aliphatic carbocycles. The van der Waals surface area contributed by atoms with Gasteiger partial charge < -0.3 is 5.32 Å². The third kappa shape index (κ3) is 2.08. The maximum absolute atomic E-state index is 13.6. The number of hydrogen-bond donors (Lipinski definition) is 1. The zero-order valence-corrected chi connectivity index (χ0v) is 10.0. The van der Waals surface area contributed by atoms with E-state index in [9.17, 15) is 9.28 Å². The maximum atomic E-state index is 13.6. The standard InChI is InChI=1S/C15H11FN2O/c16-18-10-13(12-8-4-5-9-14(12)18)15(19)17-11-6-2-1-3-7-11/h1-10H,(H,17,19). The van der Waals surface area contributed by atoms with Gasteiger partial charge in [0.2, 0.25) is 0 Å². The van der Waals surface area contributed by atoms with Gasteiger partial charge in [-0.1, -0.05) is 40.9 Å². The highest BCUT2D eigenvalue weighted by atomic mass is 19.2. The van der Waals surface area contributed by atoms with Crippen LogP contribution in [0, 0.1) is 0 Å². The van der Waals surface area contributed by atoms with Crippen molar-refractivity contribution in [1.82, 2.24) is 4.79 Å². The smallest absolute Gasteiger partial charge is 0.257 e. The molecule has 3 aromatic rings. The van der Waals surface area contributed by atoms with Crippen molar-refractivity contribution in [1.29, 1.82) is 0 Å². The number of carbonyl (C=O) groups excluding carboxylic acids is 1. The van der Waals surface area contributed by atoms with Crippen molar-refractivity contribution >= 4 is 22.5 Å². The van der Waals surface area contributed by atoms with Crippen LogP contribution in [0.3, 0.4) is 0 Å². The molecule has 1 amide bonds. The quantitative estimate of drug-likeness (QED) is 0.744. The molecule has 1 N–H and O–H groups in total. The minimum atomic E-state index is -0.321. The number of fused-ring (bicyclic) bond motifs is 1. The second-order valence-electron chi connectivity index (χ2n) is 4.19. The first-order valence-electron chi connectivity index (χ1n) is 5.88. The molecule has 0 atom stereocenters. The average Bonchev–Trinajstić information content (AvgIpc) is 2.78. The lowest BCUT2D eigenvalue weighted by atomic mass is 10.1. The number of nitrogens with zero attached hydrogens (tertiary/aromatic N) is 1. The van der Waals surface area contributed by atoms with Gasteiger partial charge in [-0.3, -0.25) is 4.79 Å². The second kappa shape index (κ2) is 4.57. The summed E-state index contributed by atoms with van der Waals surface area (Å²) in [6.07, 6.45) is 1.20. The Kier molecular flexibility index (Phi) is 2.76. The summed E-state index contributed by atoms with van der Waals surface area (Å²) in [6.45, 7) is 0. The van der Waals surface area contributed by atoms with Crippen LogP contribution in [0.15, 0.2) is 60.8 Å². The molecule has 0 aliphatic rings. The van der Waals surface area contributed by atoms with Gasteiger partial charge in [0.25, 0.3) is 5.91 Å². The molecule has 0 spiro atoms. The van der Waals surface area contributed by atoms with E-state index in [1.165, 1.54) is 6.20 Å².